The number of carboxylic acids is 2. The highest BCUT2D eigenvalue weighted by atomic mass is 16.4. The van der Waals surface area contributed by atoms with Gasteiger partial charge in [0.15, 0.2) is 0 Å². The van der Waals surface area contributed by atoms with Crippen molar-refractivity contribution in [3.63, 3.8) is 0 Å². The van der Waals surface area contributed by atoms with Gasteiger partial charge in [-0.05, 0) is 69.0 Å². The van der Waals surface area contributed by atoms with Gasteiger partial charge in [-0.2, -0.15) is 9.59 Å². The van der Waals surface area contributed by atoms with Gasteiger partial charge >= 0.3 is 18.1 Å². The molecule has 2 fully saturated rings. The summed E-state index contributed by atoms with van der Waals surface area (Å²) in [5, 5.41) is 22.2. The van der Waals surface area contributed by atoms with Crippen LogP contribution in [-0.2, 0) is 41.6 Å². The Hall–Kier alpha value is -4.34. The van der Waals surface area contributed by atoms with Crippen LogP contribution >= 0.6 is 0 Å². The van der Waals surface area contributed by atoms with Gasteiger partial charge in [-0.15, -0.1) is 0 Å². The molecule has 2 amide bonds. The highest BCUT2D eigenvalue weighted by Crippen LogP contribution is 2.31. The molecule has 0 bridgehead atoms. The normalized spacial score (nSPS) is 17.7. The van der Waals surface area contributed by atoms with Crippen molar-refractivity contribution in [2.45, 2.75) is 128 Å². The number of hydrogen-bond acceptors (Lipinski definition) is 7. The van der Waals surface area contributed by atoms with E-state index < -0.39 is 30.1 Å². The Morgan fingerprint density at radius 1 is 0.800 bits per heavy atom. The Bertz CT molecular complexity index is 1330. The summed E-state index contributed by atoms with van der Waals surface area (Å²) in [5.41, 5.74) is 2.34. The molecule has 4 rings (SSSR count). The van der Waals surface area contributed by atoms with Crippen molar-refractivity contribution >= 4 is 29.9 Å². The maximum atomic E-state index is 13.2. The van der Waals surface area contributed by atoms with Crippen molar-refractivity contribution in [3.8, 4) is 0 Å². The van der Waals surface area contributed by atoms with Crippen LogP contribution in [0.2, 0.25) is 0 Å². The number of piperazine rings is 1. The molecule has 2 aromatic rings. The highest BCUT2D eigenvalue weighted by molar-refractivity contribution is 5.99. The van der Waals surface area contributed by atoms with Crippen LogP contribution in [-0.4, -0.2) is 87.2 Å². The summed E-state index contributed by atoms with van der Waals surface area (Å²) in [6.45, 7) is 5.58. The minimum atomic E-state index is -1.02. The molecule has 2 saturated heterocycles. The molecule has 2 aliphatic heterocycles. The molecule has 11 heteroatoms. The minimum absolute atomic E-state index is 0.0656. The van der Waals surface area contributed by atoms with Crippen molar-refractivity contribution in [1.82, 2.24) is 15.1 Å². The van der Waals surface area contributed by atoms with Crippen LogP contribution in [0.5, 0.6) is 0 Å². The number of aryl methyl sites for hydroxylation is 2. The summed E-state index contributed by atoms with van der Waals surface area (Å²) in [6.07, 6.45) is 11.8. The van der Waals surface area contributed by atoms with E-state index in [9.17, 15) is 24.3 Å². The molecule has 4 atom stereocenters. The van der Waals surface area contributed by atoms with Crippen molar-refractivity contribution in [1.29, 1.82) is 0 Å². The number of amides is 2. The van der Waals surface area contributed by atoms with Crippen molar-refractivity contribution in [3.05, 3.63) is 71.8 Å². The molecule has 0 aliphatic carbocycles. The van der Waals surface area contributed by atoms with Gasteiger partial charge < -0.3 is 25.3 Å². The predicted molar refractivity (Wildman–Crippen MR) is 189 cm³/mol. The lowest BCUT2D eigenvalue weighted by Crippen LogP contribution is -2.66. The summed E-state index contributed by atoms with van der Waals surface area (Å²) >= 11 is 0. The maximum absolute atomic E-state index is 13.2. The average Bonchev–Trinajstić information content (AvgIpc) is 3.61. The number of carbonyl (C=O) groups excluding carboxylic acids is 4. The van der Waals surface area contributed by atoms with E-state index in [1.54, 1.807) is 4.90 Å². The van der Waals surface area contributed by atoms with Gasteiger partial charge in [0, 0.05) is 6.54 Å². The molecule has 3 N–H and O–H groups in total. The van der Waals surface area contributed by atoms with E-state index in [4.69, 9.17) is 14.7 Å². The van der Waals surface area contributed by atoms with Crippen LogP contribution in [0.1, 0.15) is 102 Å². The third kappa shape index (κ3) is 13.9. The van der Waals surface area contributed by atoms with E-state index in [2.05, 4.69) is 31.3 Å². The van der Waals surface area contributed by atoms with Gasteiger partial charge in [-0.25, -0.2) is 4.79 Å². The standard InChI is InChI=1S/C22H30N2O4.C16H25NO2.CO2/c1-2-3-5-11-18-20(25)23-15-8-12-17(23)21(26)24(18)19(22(27)28)14-13-16-9-6-4-7-10-16;1-2-3-5-12-15(16(18)19)17-13-8-11-14-9-6-4-7-10-14;2-1-3/h4,6-7,9-10,17-19H,2-3,5,8,11-15H2,1H3,(H,27,28);4,6-7,9-10,15,17H,2-3,5,8,11-13H2,1H3,(H,18,19);/t17-,18-,19-;15-;/m00./s1. The Labute approximate surface area is 296 Å². The fraction of sp³-hybridized carbons (Fsp3) is 0.564. The molecule has 2 heterocycles. The molecule has 50 heavy (non-hydrogen) atoms. The number of rotatable bonds is 19. The van der Waals surface area contributed by atoms with E-state index in [0.717, 1.165) is 76.3 Å². The summed E-state index contributed by atoms with van der Waals surface area (Å²) in [7, 11) is 0. The van der Waals surface area contributed by atoms with Crippen molar-refractivity contribution in [2.24, 2.45) is 0 Å². The second-order valence-electron chi connectivity index (χ2n) is 12.8. The molecule has 2 aromatic carbocycles. The van der Waals surface area contributed by atoms with Gasteiger partial charge in [-0.3, -0.25) is 14.4 Å². The summed E-state index contributed by atoms with van der Waals surface area (Å²) < 4.78 is 0. The zero-order valence-corrected chi connectivity index (χ0v) is 29.6. The number of nitrogens with zero attached hydrogens (tertiary/aromatic N) is 2. The number of aliphatic carboxylic acids is 2. The maximum Gasteiger partial charge on any atom is 0.373 e. The quantitative estimate of drug-likeness (QED) is 0.161. The summed E-state index contributed by atoms with van der Waals surface area (Å²) in [4.78, 5) is 68.9. The van der Waals surface area contributed by atoms with Crippen LogP contribution in [0.25, 0.3) is 0 Å². The van der Waals surface area contributed by atoms with Gasteiger partial charge in [0.1, 0.15) is 24.2 Å². The first-order valence-corrected chi connectivity index (χ1v) is 18.1. The molecule has 2 aliphatic rings. The third-order valence-electron chi connectivity index (χ3n) is 9.22. The van der Waals surface area contributed by atoms with Gasteiger partial charge in [0.05, 0.1) is 0 Å². The Morgan fingerprint density at radius 2 is 1.38 bits per heavy atom. The Kier molecular flexibility index (Phi) is 20.0. The minimum Gasteiger partial charge on any atom is -0.480 e. The first-order chi connectivity index (χ1) is 24.2. The van der Waals surface area contributed by atoms with Gasteiger partial charge in [0.25, 0.3) is 0 Å². The zero-order chi connectivity index (χ0) is 36.7. The van der Waals surface area contributed by atoms with Gasteiger partial charge in [0.2, 0.25) is 11.8 Å². The molecule has 0 spiro atoms. The first kappa shape index (κ1) is 41.8. The van der Waals surface area contributed by atoms with Crippen LogP contribution in [0.15, 0.2) is 60.7 Å². The zero-order valence-electron chi connectivity index (χ0n) is 29.6. The molecular weight excluding hydrogens is 638 g/mol. The number of carboxylic acid groups (broad SMARTS) is 2. The average molecular weight is 694 g/mol. The number of unbranched alkanes of at least 4 members (excludes halogenated alkanes) is 4. The molecule has 274 valence electrons. The second-order valence-corrected chi connectivity index (χ2v) is 12.8. The number of nitrogens with one attached hydrogen (secondary N) is 1. The molecule has 0 aromatic heterocycles. The predicted octanol–water partition coefficient (Wildman–Crippen LogP) is 5.51. The van der Waals surface area contributed by atoms with E-state index in [-0.39, 0.29) is 24.0 Å². The lowest BCUT2D eigenvalue weighted by Gasteiger charge is -2.45. The van der Waals surface area contributed by atoms with Gasteiger partial charge in [-0.1, -0.05) is 113 Å². The summed E-state index contributed by atoms with van der Waals surface area (Å²) in [5.74, 6) is -2.00. The molecular formula is C39H55N3O8. The molecule has 11 nitrogen and oxygen atoms in total. The van der Waals surface area contributed by atoms with Crippen molar-refractivity contribution < 1.29 is 39.0 Å². The largest absolute Gasteiger partial charge is 0.480 e. The second kappa shape index (κ2) is 23.9. The van der Waals surface area contributed by atoms with Crippen LogP contribution < -0.4 is 5.32 Å². The fourth-order valence-electron chi connectivity index (χ4n) is 6.60. The first-order valence-electron chi connectivity index (χ1n) is 18.1. The molecule has 0 unspecified atom stereocenters. The summed E-state index contributed by atoms with van der Waals surface area (Å²) in [6, 6.07) is 17.5. The highest BCUT2D eigenvalue weighted by Gasteiger charge is 2.50. The Morgan fingerprint density at radius 3 is 1.94 bits per heavy atom. The monoisotopic (exact) mass is 693 g/mol. The topological polar surface area (TPSA) is 161 Å². The van der Waals surface area contributed by atoms with E-state index >= 15 is 0 Å². The SMILES string of the molecule is CCCCC[C@H](NCCCc1ccccc1)C(=O)O.CCCCC[C@H]1C(=O)N2CCC[C@H]2C(=O)N1[C@@H](CCc1ccccc1)C(=O)O.O=C=O. The van der Waals surface area contributed by atoms with E-state index in [1.165, 1.54) is 10.5 Å². The fourth-order valence-corrected chi connectivity index (χ4v) is 6.60. The van der Waals surface area contributed by atoms with E-state index in [0.29, 0.717) is 32.2 Å². The number of hydrogen-bond donors (Lipinski definition) is 3. The third-order valence-corrected chi connectivity index (χ3v) is 9.22. The molecule has 0 radical (unpaired) electrons. The van der Waals surface area contributed by atoms with E-state index in [1.807, 2.05) is 48.5 Å². The smallest absolute Gasteiger partial charge is 0.373 e. The number of carbonyl (C=O) groups is 4. The van der Waals surface area contributed by atoms with Crippen LogP contribution in [0, 0.1) is 0 Å². The molecule has 0 saturated carbocycles. The lowest BCUT2D eigenvalue weighted by atomic mass is 9.95. The number of benzene rings is 2. The number of fused-ring (bicyclic) bond motifs is 1. The lowest BCUT2D eigenvalue weighted by molar-refractivity contribution is -0.191. The Balaban J connectivity index is 0.000000343. The van der Waals surface area contributed by atoms with Crippen LogP contribution in [0.3, 0.4) is 0 Å². The van der Waals surface area contributed by atoms with Crippen LogP contribution in [0.4, 0.5) is 0 Å². The van der Waals surface area contributed by atoms with Crippen molar-refractivity contribution in [2.75, 3.05) is 13.1 Å².